The number of imidazole rings is 1. The SMILES string of the molecule is N#Cc1nccn1Cc1ccc(Cl)cc1N. The summed E-state index contributed by atoms with van der Waals surface area (Å²) in [5, 5.41) is 9.42. The third kappa shape index (κ3) is 2.00. The molecular weight excluding hydrogens is 224 g/mol. The molecule has 0 saturated heterocycles. The summed E-state index contributed by atoms with van der Waals surface area (Å²) in [6.45, 7) is 0.520. The van der Waals surface area contributed by atoms with Gasteiger partial charge in [0.1, 0.15) is 6.07 Å². The molecule has 80 valence electrons. The predicted octanol–water partition coefficient (Wildman–Crippen LogP) is 2.04. The lowest BCUT2D eigenvalue weighted by atomic mass is 10.2. The fourth-order valence-corrected chi connectivity index (χ4v) is 1.62. The Kier molecular flexibility index (Phi) is 2.80. The lowest BCUT2D eigenvalue weighted by molar-refractivity contribution is 0.784. The Labute approximate surface area is 97.9 Å². The van der Waals surface area contributed by atoms with Gasteiger partial charge in [-0.05, 0) is 17.7 Å². The van der Waals surface area contributed by atoms with Crippen molar-refractivity contribution in [3.63, 3.8) is 0 Å². The van der Waals surface area contributed by atoms with Crippen molar-refractivity contribution in [2.75, 3.05) is 5.73 Å². The van der Waals surface area contributed by atoms with Gasteiger partial charge in [0.15, 0.2) is 0 Å². The van der Waals surface area contributed by atoms with Gasteiger partial charge in [0, 0.05) is 23.1 Å². The second-order valence-electron chi connectivity index (χ2n) is 3.33. The molecule has 5 heteroatoms. The molecule has 0 aliphatic heterocycles. The molecular formula is C11H9ClN4. The minimum absolute atomic E-state index is 0.370. The van der Waals surface area contributed by atoms with Gasteiger partial charge in [-0.2, -0.15) is 5.26 Å². The Hall–Kier alpha value is -1.99. The van der Waals surface area contributed by atoms with E-state index in [1.165, 1.54) is 0 Å². The Morgan fingerprint density at radius 3 is 3.00 bits per heavy atom. The van der Waals surface area contributed by atoms with Gasteiger partial charge >= 0.3 is 0 Å². The molecule has 0 atom stereocenters. The van der Waals surface area contributed by atoms with Gasteiger partial charge in [0.25, 0.3) is 0 Å². The Morgan fingerprint density at radius 2 is 2.31 bits per heavy atom. The van der Waals surface area contributed by atoms with Crippen LogP contribution in [0.3, 0.4) is 0 Å². The second kappa shape index (κ2) is 4.25. The lowest BCUT2D eigenvalue weighted by Crippen LogP contribution is -2.04. The van der Waals surface area contributed by atoms with Crippen LogP contribution in [0.15, 0.2) is 30.6 Å². The number of nitrogens with two attached hydrogens (primary N) is 1. The summed E-state index contributed by atoms with van der Waals surface area (Å²) in [6, 6.07) is 7.33. The van der Waals surface area contributed by atoms with Crippen molar-refractivity contribution in [2.24, 2.45) is 0 Å². The summed E-state index contributed by atoms with van der Waals surface area (Å²) < 4.78 is 1.74. The highest BCUT2D eigenvalue weighted by Crippen LogP contribution is 2.19. The van der Waals surface area contributed by atoms with Crippen molar-refractivity contribution >= 4 is 17.3 Å². The van der Waals surface area contributed by atoms with Crippen LogP contribution in [0.5, 0.6) is 0 Å². The van der Waals surface area contributed by atoms with E-state index in [9.17, 15) is 0 Å². The van der Waals surface area contributed by atoms with Crippen LogP contribution in [0.25, 0.3) is 0 Å². The number of nitriles is 1. The molecule has 4 nitrogen and oxygen atoms in total. The van der Waals surface area contributed by atoms with Gasteiger partial charge in [-0.3, -0.25) is 0 Å². The van der Waals surface area contributed by atoms with Crippen molar-refractivity contribution < 1.29 is 0 Å². The first kappa shape index (κ1) is 10.5. The van der Waals surface area contributed by atoms with Crippen molar-refractivity contribution in [1.82, 2.24) is 9.55 Å². The minimum atomic E-state index is 0.370. The number of nitrogen functional groups attached to an aromatic ring is 1. The van der Waals surface area contributed by atoms with Crippen LogP contribution < -0.4 is 5.73 Å². The van der Waals surface area contributed by atoms with Crippen LogP contribution in [0.4, 0.5) is 5.69 Å². The maximum Gasteiger partial charge on any atom is 0.213 e. The molecule has 1 aromatic heterocycles. The molecule has 0 radical (unpaired) electrons. The average Bonchev–Trinajstić information content (AvgIpc) is 2.69. The van der Waals surface area contributed by atoms with Crippen molar-refractivity contribution in [3.05, 3.63) is 47.0 Å². The van der Waals surface area contributed by atoms with E-state index in [1.807, 2.05) is 12.1 Å². The minimum Gasteiger partial charge on any atom is -0.398 e. The monoisotopic (exact) mass is 232 g/mol. The maximum absolute atomic E-state index is 8.81. The molecule has 0 saturated carbocycles. The van der Waals surface area contributed by atoms with E-state index < -0.39 is 0 Å². The average molecular weight is 233 g/mol. The van der Waals surface area contributed by atoms with E-state index in [0.717, 1.165) is 5.56 Å². The van der Waals surface area contributed by atoms with Gasteiger partial charge in [0.05, 0.1) is 6.54 Å². The largest absolute Gasteiger partial charge is 0.398 e. The summed E-state index contributed by atoms with van der Waals surface area (Å²) in [5.41, 5.74) is 7.36. The first-order chi connectivity index (χ1) is 7.70. The third-order valence-electron chi connectivity index (χ3n) is 2.26. The van der Waals surface area contributed by atoms with E-state index in [0.29, 0.717) is 23.1 Å². The summed E-state index contributed by atoms with van der Waals surface area (Å²) >= 11 is 5.81. The molecule has 2 N–H and O–H groups in total. The lowest BCUT2D eigenvalue weighted by Gasteiger charge is -2.07. The van der Waals surface area contributed by atoms with E-state index in [2.05, 4.69) is 4.98 Å². The van der Waals surface area contributed by atoms with E-state index in [4.69, 9.17) is 22.6 Å². The first-order valence-corrected chi connectivity index (χ1v) is 5.03. The summed E-state index contributed by atoms with van der Waals surface area (Å²) in [6.07, 6.45) is 3.33. The van der Waals surface area contributed by atoms with Crippen LogP contribution in [0, 0.1) is 11.3 Å². The maximum atomic E-state index is 8.81. The van der Waals surface area contributed by atoms with Crippen molar-refractivity contribution in [1.29, 1.82) is 5.26 Å². The van der Waals surface area contributed by atoms with Crippen molar-refractivity contribution in [3.8, 4) is 6.07 Å². The number of hydrogen-bond acceptors (Lipinski definition) is 3. The second-order valence-corrected chi connectivity index (χ2v) is 3.77. The molecule has 2 aromatic rings. The number of benzene rings is 1. The van der Waals surface area contributed by atoms with E-state index >= 15 is 0 Å². The molecule has 0 aliphatic carbocycles. The standard InChI is InChI=1S/C11H9ClN4/c12-9-2-1-8(10(14)5-9)7-16-4-3-15-11(16)6-13/h1-5H,7,14H2. The highest BCUT2D eigenvalue weighted by molar-refractivity contribution is 6.30. The highest BCUT2D eigenvalue weighted by atomic mass is 35.5. The van der Waals surface area contributed by atoms with Crippen LogP contribution in [0.2, 0.25) is 5.02 Å². The van der Waals surface area contributed by atoms with E-state index in [1.54, 1.807) is 29.1 Å². The van der Waals surface area contributed by atoms with Gasteiger partial charge in [0.2, 0.25) is 5.82 Å². The Bertz CT molecular complexity index is 553. The fraction of sp³-hybridized carbons (Fsp3) is 0.0909. The number of rotatable bonds is 2. The molecule has 0 amide bonds. The molecule has 0 fully saturated rings. The number of nitrogens with zero attached hydrogens (tertiary/aromatic N) is 3. The highest BCUT2D eigenvalue weighted by Gasteiger charge is 2.05. The normalized spacial score (nSPS) is 10.0. The van der Waals surface area contributed by atoms with Gasteiger partial charge in [-0.25, -0.2) is 4.98 Å². The molecule has 0 unspecified atom stereocenters. The molecule has 0 aliphatic rings. The summed E-state index contributed by atoms with van der Waals surface area (Å²) in [4.78, 5) is 3.91. The quantitative estimate of drug-likeness (QED) is 0.806. The zero-order chi connectivity index (χ0) is 11.5. The number of aromatic nitrogens is 2. The van der Waals surface area contributed by atoms with Crippen molar-refractivity contribution in [2.45, 2.75) is 6.54 Å². The number of hydrogen-bond donors (Lipinski definition) is 1. The van der Waals surface area contributed by atoms with Crippen LogP contribution in [-0.2, 0) is 6.54 Å². The molecule has 1 heterocycles. The van der Waals surface area contributed by atoms with Crippen LogP contribution in [-0.4, -0.2) is 9.55 Å². The van der Waals surface area contributed by atoms with Gasteiger partial charge in [-0.15, -0.1) is 0 Å². The van der Waals surface area contributed by atoms with Crippen LogP contribution >= 0.6 is 11.6 Å². The van der Waals surface area contributed by atoms with Gasteiger partial charge < -0.3 is 10.3 Å². The predicted molar refractivity (Wildman–Crippen MR) is 61.9 cm³/mol. The third-order valence-corrected chi connectivity index (χ3v) is 2.50. The smallest absolute Gasteiger partial charge is 0.213 e. The van der Waals surface area contributed by atoms with E-state index in [-0.39, 0.29) is 0 Å². The zero-order valence-electron chi connectivity index (χ0n) is 8.39. The summed E-state index contributed by atoms with van der Waals surface area (Å²) in [7, 11) is 0. The molecule has 0 bridgehead atoms. The molecule has 0 spiro atoms. The number of anilines is 1. The fourth-order valence-electron chi connectivity index (χ4n) is 1.44. The first-order valence-electron chi connectivity index (χ1n) is 4.66. The summed E-state index contributed by atoms with van der Waals surface area (Å²) in [5.74, 6) is 0.370. The van der Waals surface area contributed by atoms with Crippen LogP contribution in [0.1, 0.15) is 11.4 Å². The topological polar surface area (TPSA) is 67.6 Å². The molecule has 2 rings (SSSR count). The van der Waals surface area contributed by atoms with Gasteiger partial charge in [-0.1, -0.05) is 17.7 Å². The molecule has 16 heavy (non-hydrogen) atoms. The Balaban J connectivity index is 2.31. The zero-order valence-corrected chi connectivity index (χ0v) is 9.15. The molecule has 1 aromatic carbocycles. The Morgan fingerprint density at radius 1 is 1.50 bits per heavy atom. The number of halogens is 1.